The second kappa shape index (κ2) is 9.65. The van der Waals surface area contributed by atoms with Gasteiger partial charge in [0.15, 0.2) is 0 Å². The molecule has 0 spiro atoms. The average molecular weight is 450 g/mol. The van der Waals surface area contributed by atoms with Gasteiger partial charge in [-0.25, -0.2) is 0 Å². The second-order valence-electron chi connectivity index (χ2n) is 7.37. The van der Waals surface area contributed by atoms with E-state index in [1.54, 1.807) is 30.2 Å². The number of hydrogen-bond acceptors (Lipinski definition) is 5. The Morgan fingerprint density at radius 1 is 1.06 bits per heavy atom. The minimum atomic E-state index is -0.735. The molecule has 1 aromatic heterocycles. The number of rotatable bonds is 5. The molecule has 7 nitrogen and oxygen atoms in total. The third-order valence-corrected chi connectivity index (χ3v) is 6.11. The predicted octanol–water partition coefficient (Wildman–Crippen LogP) is 3.60. The fraction of sp³-hybridized carbons (Fsp3) is 0.208. The molecule has 32 heavy (non-hydrogen) atoms. The molecule has 3 aromatic rings. The lowest BCUT2D eigenvalue weighted by molar-refractivity contribution is -0.136. The largest absolute Gasteiger partial charge is 0.497 e. The molecule has 0 saturated carbocycles. The first-order valence-corrected chi connectivity index (χ1v) is 11.1. The van der Waals surface area contributed by atoms with E-state index >= 15 is 0 Å². The number of carbonyl (C=O) groups excluding carboxylic acids is 3. The monoisotopic (exact) mass is 449 g/mol. The number of amides is 3. The first-order chi connectivity index (χ1) is 15.5. The van der Waals surface area contributed by atoms with Crippen LogP contribution in [-0.2, 0) is 22.6 Å². The molecule has 0 aliphatic carbocycles. The number of thiophene rings is 1. The number of benzene rings is 2. The standard InChI is InChI=1S/C24H23N3O4S/c1-31-19-9-6-16(7-10-19)15-25-22(28)23(29)26-18-8-11-20-17(14-18)4-2-12-27(20)24(30)21-5-3-13-32-21/h3,5-11,13-14H,2,4,12,15H2,1H3,(H,25,28)(H,26,29). The summed E-state index contributed by atoms with van der Waals surface area (Å²) in [5, 5.41) is 7.14. The molecule has 2 aromatic carbocycles. The lowest BCUT2D eigenvalue weighted by Crippen LogP contribution is -2.36. The lowest BCUT2D eigenvalue weighted by atomic mass is 10.0. The summed E-state index contributed by atoms with van der Waals surface area (Å²) in [5.74, 6) is -0.745. The van der Waals surface area contributed by atoms with Crippen molar-refractivity contribution in [2.45, 2.75) is 19.4 Å². The number of carbonyl (C=O) groups is 3. The fourth-order valence-corrected chi connectivity index (χ4v) is 4.28. The molecule has 1 aliphatic heterocycles. The van der Waals surface area contributed by atoms with Crippen molar-refractivity contribution in [2.75, 3.05) is 23.9 Å². The van der Waals surface area contributed by atoms with E-state index in [9.17, 15) is 14.4 Å². The SMILES string of the molecule is COc1ccc(CNC(=O)C(=O)Nc2ccc3c(c2)CCCN3C(=O)c2cccs2)cc1. The molecule has 3 amide bonds. The number of fused-ring (bicyclic) bond motifs is 1. The molecule has 0 radical (unpaired) electrons. The zero-order valence-electron chi connectivity index (χ0n) is 17.6. The van der Waals surface area contributed by atoms with Crippen molar-refractivity contribution in [1.29, 1.82) is 0 Å². The van der Waals surface area contributed by atoms with Gasteiger partial charge in [-0.15, -0.1) is 11.3 Å². The Kier molecular flexibility index (Phi) is 6.51. The maximum Gasteiger partial charge on any atom is 0.313 e. The highest BCUT2D eigenvalue weighted by molar-refractivity contribution is 7.12. The summed E-state index contributed by atoms with van der Waals surface area (Å²) in [6.07, 6.45) is 1.64. The second-order valence-corrected chi connectivity index (χ2v) is 8.31. The van der Waals surface area contributed by atoms with Crippen LogP contribution < -0.4 is 20.3 Å². The van der Waals surface area contributed by atoms with Gasteiger partial charge in [-0.3, -0.25) is 14.4 Å². The van der Waals surface area contributed by atoms with Crippen LogP contribution >= 0.6 is 11.3 Å². The average Bonchev–Trinajstić information content (AvgIpc) is 3.37. The van der Waals surface area contributed by atoms with E-state index in [1.165, 1.54) is 11.3 Å². The molecule has 2 heterocycles. The van der Waals surface area contributed by atoms with Gasteiger partial charge in [0.2, 0.25) is 0 Å². The number of methoxy groups -OCH3 is 1. The van der Waals surface area contributed by atoms with Crippen LogP contribution in [0.3, 0.4) is 0 Å². The van der Waals surface area contributed by atoms with Gasteiger partial charge in [0, 0.05) is 24.5 Å². The molecule has 0 atom stereocenters. The Labute approximate surface area is 190 Å². The van der Waals surface area contributed by atoms with Gasteiger partial charge in [-0.2, -0.15) is 0 Å². The Morgan fingerprint density at radius 2 is 1.88 bits per heavy atom. The van der Waals surface area contributed by atoms with Crippen LogP contribution in [0.1, 0.15) is 27.2 Å². The minimum absolute atomic E-state index is 0.0179. The Bertz CT molecular complexity index is 1130. The van der Waals surface area contributed by atoms with Crippen LogP contribution in [0.2, 0.25) is 0 Å². The Hall–Kier alpha value is -3.65. The van der Waals surface area contributed by atoms with E-state index in [1.807, 2.05) is 41.8 Å². The van der Waals surface area contributed by atoms with Gasteiger partial charge < -0.3 is 20.3 Å². The number of nitrogens with one attached hydrogen (secondary N) is 2. The maximum atomic E-state index is 12.8. The van der Waals surface area contributed by atoms with E-state index in [0.717, 1.165) is 35.4 Å². The first-order valence-electron chi connectivity index (χ1n) is 10.3. The van der Waals surface area contributed by atoms with E-state index in [0.29, 0.717) is 17.1 Å². The minimum Gasteiger partial charge on any atom is -0.497 e. The fourth-order valence-electron chi connectivity index (χ4n) is 3.61. The van der Waals surface area contributed by atoms with Crippen molar-refractivity contribution < 1.29 is 19.1 Å². The molecule has 0 bridgehead atoms. The van der Waals surface area contributed by atoms with Crippen molar-refractivity contribution in [3.05, 3.63) is 76.0 Å². The Morgan fingerprint density at radius 3 is 2.59 bits per heavy atom. The summed E-state index contributed by atoms with van der Waals surface area (Å²) in [6, 6.07) is 16.3. The highest BCUT2D eigenvalue weighted by Crippen LogP contribution is 2.31. The third kappa shape index (κ3) is 4.81. The van der Waals surface area contributed by atoms with Crippen LogP contribution in [0.15, 0.2) is 60.0 Å². The van der Waals surface area contributed by atoms with Crippen LogP contribution in [0.25, 0.3) is 0 Å². The normalized spacial score (nSPS) is 12.6. The van der Waals surface area contributed by atoms with E-state index < -0.39 is 11.8 Å². The molecule has 0 fully saturated rings. The topological polar surface area (TPSA) is 87.7 Å². The molecule has 1 aliphatic rings. The van der Waals surface area contributed by atoms with Crippen molar-refractivity contribution in [3.63, 3.8) is 0 Å². The number of anilines is 2. The van der Waals surface area contributed by atoms with Gasteiger partial charge >= 0.3 is 11.8 Å². The van der Waals surface area contributed by atoms with Crippen molar-refractivity contribution in [1.82, 2.24) is 5.32 Å². The van der Waals surface area contributed by atoms with Gasteiger partial charge in [0.05, 0.1) is 12.0 Å². The summed E-state index contributed by atoms with van der Waals surface area (Å²) >= 11 is 1.42. The summed E-state index contributed by atoms with van der Waals surface area (Å²) in [4.78, 5) is 39.8. The number of aryl methyl sites for hydroxylation is 1. The zero-order chi connectivity index (χ0) is 22.5. The molecule has 0 saturated heterocycles. The summed E-state index contributed by atoms with van der Waals surface area (Å²) in [5.41, 5.74) is 3.20. The van der Waals surface area contributed by atoms with Gasteiger partial charge in [0.1, 0.15) is 5.75 Å². The van der Waals surface area contributed by atoms with E-state index in [2.05, 4.69) is 10.6 Å². The quantitative estimate of drug-likeness (QED) is 0.583. The Balaban J connectivity index is 1.38. The number of hydrogen-bond donors (Lipinski definition) is 2. The highest BCUT2D eigenvalue weighted by atomic mass is 32.1. The van der Waals surface area contributed by atoms with Crippen LogP contribution in [0.5, 0.6) is 5.75 Å². The van der Waals surface area contributed by atoms with Gasteiger partial charge in [-0.1, -0.05) is 18.2 Å². The van der Waals surface area contributed by atoms with E-state index in [4.69, 9.17) is 4.74 Å². The van der Waals surface area contributed by atoms with Crippen LogP contribution in [-0.4, -0.2) is 31.4 Å². The summed E-state index contributed by atoms with van der Waals surface area (Å²) in [6.45, 7) is 0.892. The van der Waals surface area contributed by atoms with Crippen molar-refractivity contribution >= 4 is 40.4 Å². The van der Waals surface area contributed by atoms with Gasteiger partial charge in [-0.05, 0) is 65.7 Å². The van der Waals surface area contributed by atoms with Crippen molar-refractivity contribution in [3.8, 4) is 5.75 Å². The molecular formula is C24H23N3O4S. The maximum absolute atomic E-state index is 12.8. The molecule has 8 heteroatoms. The predicted molar refractivity (Wildman–Crippen MR) is 124 cm³/mol. The molecule has 0 unspecified atom stereocenters. The highest BCUT2D eigenvalue weighted by Gasteiger charge is 2.25. The first kappa shape index (κ1) is 21.6. The summed E-state index contributed by atoms with van der Waals surface area (Å²) < 4.78 is 5.10. The van der Waals surface area contributed by atoms with Gasteiger partial charge in [0.25, 0.3) is 5.91 Å². The number of ether oxygens (including phenoxy) is 1. The zero-order valence-corrected chi connectivity index (χ0v) is 18.4. The smallest absolute Gasteiger partial charge is 0.313 e. The molecule has 2 N–H and O–H groups in total. The summed E-state index contributed by atoms with van der Waals surface area (Å²) in [7, 11) is 1.58. The molecular weight excluding hydrogens is 426 g/mol. The molecule has 4 rings (SSSR count). The van der Waals surface area contributed by atoms with E-state index in [-0.39, 0.29) is 12.5 Å². The van der Waals surface area contributed by atoms with Crippen molar-refractivity contribution in [2.24, 2.45) is 0 Å². The third-order valence-electron chi connectivity index (χ3n) is 5.25. The number of nitrogens with zero attached hydrogens (tertiary/aromatic N) is 1. The van der Waals surface area contributed by atoms with Crippen LogP contribution in [0.4, 0.5) is 11.4 Å². The molecule has 164 valence electrons. The lowest BCUT2D eigenvalue weighted by Gasteiger charge is -2.29. The van der Waals surface area contributed by atoms with Crippen LogP contribution in [0, 0.1) is 0 Å².